The van der Waals surface area contributed by atoms with E-state index in [0.29, 0.717) is 12.8 Å². The summed E-state index contributed by atoms with van der Waals surface area (Å²) >= 11 is 0. The van der Waals surface area contributed by atoms with E-state index in [4.69, 9.17) is 9.47 Å². The summed E-state index contributed by atoms with van der Waals surface area (Å²) in [7, 11) is 0. The number of hydrogen-bond donors (Lipinski definition) is 2. The van der Waals surface area contributed by atoms with E-state index >= 15 is 0 Å². The van der Waals surface area contributed by atoms with Crippen molar-refractivity contribution in [2.24, 2.45) is 0 Å². The van der Waals surface area contributed by atoms with Gasteiger partial charge >= 0.3 is 0 Å². The lowest BCUT2D eigenvalue weighted by Crippen LogP contribution is -2.07. The van der Waals surface area contributed by atoms with Gasteiger partial charge in [0, 0.05) is 6.07 Å². The van der Waals surface area contributed by atoms with Crippen molar-refractivity contribution < 1.29 is 24.1 Å². The van der Waals surface area contributed by atoms with Crippen LogP contribution in [-0.4, -0.2) is 17.0 Å². The highest BCUT2D eigenvalue weighted by Crippen LogP contribution is 2.56. The molecule has 1 fully saturated rings. The Kier molecular flexibility index (Phi) is 1.49. The number of ether oxygens (including phenoxy) is 2. The second-order valence-electron chi connectivity index (χ2n) is 3.85. The SMILES string of the molecule is Oc1c(F)cc2c(c1C1(O)CC1)OCO2. The number of aliphatic hydroxyl groups is 1. The zero-order chi connectivity index (χ0) is 10.6. The Labute approximate surface area is 84.9 Å². The Hall–Kier alpha value is -1.49. The van der Waals surface area contributed by atoms with Crippen LogP contribution in [0.1, 0.15) is 18.4 Å². The van der Waals surface area contributed by atoms with Crippen molar-refractivity contribution in [2.75, 3.05) is 6.79 Å². The fourth-order valence-electron chi connectivity index (χ4n) is 1.80. The summed E-state index contributed by atoms with van der Waals surface area (Å²) in [5, 5.41) is 19.5. The number of halogens is 1. The van der Waals surface area contributed by atoms with Crippen LogP contribution < -0.4 is 9.47 Å². The summed E-state index contributed by atoms with van der Waals surface area (Å²) in [6.45, 7) is -0.0126. The van der Waals surface area contributed by atoms with Crippen LogP contribution >= 0.6 is 0 Å². The highest BCUT2D eigenvalue weighted by atomic mass is 19.1. The number of phenolic OH excluding ortho intramolecular Hbond substituents is 1. The van der Waals surface area contributed by atoms with E-state index in [2.05, 4.69) is 0 Å². The van der Waals surface area contributed by atoms with Gasteiger partial charge in [-0.1, -0.05) is 0 Å². The van der Waals surface area contributed by atoms with E-state index in [0.717, 1.165) is 6.07 Å². The highest BCUT2D eigenvalue weighted by Gasteiger charge is 2.48. The summed E-state index contributed by atoms with van der Waals surface area (Å²) in [5.41, 5.74) is -1.03. The van der Waals surface area contributed by atoms with Crippen LogP contribution in [0.25, 0.3) is 0 Å². The van der Waals surface area contributed by atoms with Crippen LogP contribution in [-0.2, 0) is 5.60 Å². The van der Waals surface area contributed by atoms with Gasteiger partial charge in [0.05, 0.1) is 11.2 Å². The predicted molar refractivity (Wildman–Crippen MR) is 47.3 cm³/mol. The summed E-state index contributed by atoms with van der Waals surface area (Å²) in [6.07, 6.45) is 1.000. The van der Waals surface area contributed by atoms with Gasteiger partial charge < -0.3 is 19.7 Å². The first-order chi connectivity index (χ1) is 7.12. The van der Waals surface area contributed by atoms with E-state index in [1.807, 2.05) is 0 Å². The Morgan fingerprint density at radius 1 is 1.33 bits per heavy atom. The van der Waals surface area contributed by atoms with E-state index in [-0.39, 0.29) is 23.9 Å². The van der Waals surface area contributed by atoms with Gasteiger partial charge in [0.15, 0.2) is 23.1 Å². The number of hydrogen-bond acceptors (Lipinski definition) is 4. The minimum atomic E-state index is -1.15. The third-order valence-electron chi connectivity index (χ3n) is 2.78. The van der Waals surface area contributed by atoms with Crippen molar-refractivity contribution in [3.05, 3.63) is 17.4 Å². The highest BCUT2D eigenvalue weighted by molar-refractivity contribution is 5.59. The summed E-state index contributed by atoms with van der Waals surface area (Å²) < 4.78 is 23.4. The molecule has 0 aromatic heterocycles. The predicted octanol–water partition coefficient (Wildman–Crippen LogP) is 1.24. The van der Waals surface area contributed by atoms with Gasteiger partial charge in [0.1, 0.15) is 0 Å². The molecule has 1 aliphatic heterocycles. The van der Waals surface area contributed by atoms with Gasteiger partial charge in [-0.05, 0) is 12.8 Å². The first kappa shape index (κ1) is 8.79. The van der Waals surface area contributed by atoms with Crippen LogP contribution in [0.4, 0.5) is 4.39 Å². The smallest absolute Gasteiger partial charge is 0.231 e. The molecule has 15 heavy (non-hydrogen) atoms. The molecule has 1 aromatic carbocycles. The lowest BCUT2D eigenvalue weighted by Gasteiger charge is -2.13. The van der Waals surface area contributed by atoms with Gasteiger partial charge in [-0.2, -0.15) is 0 Å². The number of benzene rings is 1. The first-order valence-electron chi connectivity index (χ1n) is 4.66. The topological polar surface area (TPSA) is 58.9 Å². The van der Waals surface area contributed by atoms with Gasteiger partial charge in [-0.3, -0.25) is 0 Å². The van der Waals surface area contributed by atoms with Gasteiger partial charge in [-0.15, -0.1) is 0 Å². The number of aromatic hydroxyl groups is 1. The summed E-state index contributed by atoms with van der Waals surface area (Å²) in [4.78, 5) is 0. The van der Waals surface area contributed by atoms with Crippen molar-refractivity contribution in [2.45, 2.75) is 18.4 Å². The Balaban J connectivity index is 2.26. The molecule has 0 amide bonds. The Morgan fingerprint density at radius 3 is 2.73 bits per heavy atom. The fraction of sp³-hybridized carbons (Fsp3) is 0.400. The molecule has 1 aromatic rings. The molecular weight excluding hydrogens is 203 g/mol. The maximum atomic E-state index is 13.3. The van der Waals surface area contributed by atoms with E-state index < -0.39 is 17.2 Å². The van der Waals surface area contributed by atoms with Crippen molar-refractivity contribution in [1.82, 2.24) is 0 Å². The van der Waals surface area contributed by atoms with Crippen LogP contribution in [0.5, 0.6) is 17.2 Å². The van der Waals surface area contributed by atoms with Crippen LogP contribution in [0.2, 0.25) is 0 Å². The number of fused-ring (bicyclic) bond motifs is 1. The second kappa shape index (κ2) is 2.55. The van der Waals surface area contributed by atoms with Gasteiger partial charge in [0.2, 0.25) is 6.79 Å². The molecule has 0 atom stereocenters. The average Bonchev–Trinajstić information content (AvgIpc) is 2.76. The fourth-order valence-corrected chi connectivity index (χ4v) is 1.80. The monoisotopic (exact) mass is 212 g/mol. The quantitative estimate of drug-likeness (QED) is 0.735. The van der Waals surface area contributed by atoms with Crippen molar-refractivity contribution >= 4 is 0 Å². The molecule has 2 N–H and O–H groups in total. The number of rotatable bonds is 1. The van der Waals surface area contributed by atoms with Crippen molar-refractivity contribution in [3.8, 4) is 17.2 Å². The maximum Gasteiger partial charge on any atom is 0.231 e. The van der Waals surface area contributed by atoms with Gasteiger partial charge in [-0.25, -0.2) is 4.39 Å². The molecule has 2 aliphatic rings. The second-order valence-corrected chi connectivity index (χ2v) is 3.85. The van der Waals surface area contributed by atoms with Crippen LogP contribution in [0.15, 0.2) is 6.07 Å². The lowest BCUT2D eigenvalue weighted by molar-refractivity contribution is 0.136. The standard InChI is InChI=1S/C10H9FO4/c11-5-3-6-9(15-4-14-6)7(8(5)12)10(13)1-2-10/h3,12-13H,1-2,4H2. The third kappa shape index (κ3) is 1.10. The molecule has 80 valence electrons. The van der Waals surface area contributed by atoms with E-state index in [1.165, 1.54) is 0 Å². The third-order valence-corrected chi connectivity index (χ3v) is 2.78. The Morgan fingerprint density at radius 2 is 2.07 bits per heavy atom. The lowest BCUT2D eigenvalue weighted by atomic mass is 10.0. The van der Waals surface area contributed by atoms with Crippen LogP contribution in [0.3, 0.4) is 0 Å². The molecule has 1 saturated carbocycles. The molecule has 0 saturated heterocycles. The molecule has 1 aliphatic carbocycles. The zero-order valence-corrected chi connectivity index (χ0v) is 7.79. The molecule has 0 unspecified atom stereocenters. The summed E-state index contributed by atoms with van der Waals surface area (Å²) in [5.74, 6) is -0.844. The number of phenols is 1. The molecule has 0 radical (unpaired) electrons. The van der Waals surface area contributed by atoms with E-state index in [9.17, 15) is 14.6 Å². The molecule has 0 spiro atoms. The van der Waals surface area contributed by atoms with E-state index in [1.54, 1.807) is 0 Å². The molecule has 5 heteroatoms. The molecule has 4 nitrogen and oxygen atoms in total. The Bertz CT molecular complexity index is 440. The minimum absolute atomic E-state index is 0.0126. The first-order valence-corrected chi connectivity index (χ1v) is 4.66. The average molecular weight is 212 g/mol. The van der Waals surface area contributed by atoms with Crippen LogP contribution in [0, 0.1) is 5.82 Å². The molecular formula is C10H9FO4. The zero-order valence-electron chi connectivity index (χ0n) is 7.79. The summed E-state index contributed by atoms with van der Waals surface area (Å²) in [6, 6.07) is 1.06. The normalized spacial score (nSPS) is 20.4. The maximum absolute atomic E-state index is 13.3. The van der Waals surface area contributed by atoms with Crippen molar-refractivity contribution in [3.63, 3.8) is 0 Å². The minimum Gasteiger partial charge on any atom is -0.504 e. The molecule has 0 bridgehead atoms. The molecule has 1 heterocycles. The van der Waals surface area contributed by atoms with Crippen molar-refractivity contribution in [1.29, 1.82) is 0 Å². The molecule has 3 rings (SSSR count). The van der Waals surface area contributed by atoms with Gasteiger partial charge in [0.25, 0.3) is 0 Å². The largest absolute Gasteiger partial charge is 0.504 e.